The molecule has 0 spiro atoms. The minimum atomic E-state index is 0.284. The van der Waals surface area contributed by atoms with E-state index in [0.29, 0.717) is 0 Å². The van der Waals surface area contributed by atoms with Crippen LogP contribution in [0.4, 0.5) is 0 Å². The molecule has 2 nitrogen and oxygen atoms in total. The molecule has 1 fully saturated rings. The third-order valence-corrected chi connectivity index (χ3v) is 3.17. The molecule has 0 aromatic heterocycles. The van der Waals surface area contributed by atoms with Crippen molar-refractivity contribution in [1.82, 2.24) is 0 Å². The van der Waals surface area contributed by atoms with E-state index in [-0.39, 0.29) is 6.10 Å². The van der Waals surface area contributed by atoms with Gasteiger partial charge in [-0.15, -0.1) is 0 Å². The number of methoxy groups -OCH3 is 1. The minimum absolute atomic E-state index is 0.284. The van der Waals surface area contributed by atoms with Gasteiger partial charge in [0.1, 0.15) is 5.75 Å². The van der Waals surface area contributed by atoms with Gasteiger partial charge in [-0.05, 0) is 30.5 Å². The number of ether oxygens (including phenoxy) is 2. The topological polar surface area (TPSA) is 18.5 Å². The summed E-state index contributed by atoms with van der Waals surface area (Å²) in [6.45, 7) is 0.899. The molecule has 1 aromatic carbocycles. The third-order valence-electron chi connectivity index (χ3n) is 3.17. The van der Waals surface area contributed by atoms with Crippen molar-refractivity contribution in [2.24, 2.45) is 0 Å². The van der Waals surface area contributed by atoms with Gasteiger partial charge in [0, 0.05) is 6.61 Å². The van der Waals surface area contributed by atoms with Crippen LogP contribution in [-0.4, -0.2) is 13.7 Å². The maximum atomic E-state index is 5.90. The molecule has 0 radical (unpaired) electrons. The predicted molar refractivity (Wildman–Crippen MR) is 64.8 cm³/mol. The third kappa shape index (κ3) is 2.99. The summed E-state index contributed by atoms with van der Waals surface area (Å²) in [7, 11) is 1.70. The second-order valence-electron chi connectivity index (χ2n) is 4.34. The molecule has 1 saturated heterocycles. The average Bonchev–Trinajstić information content (AvgIpc) is 2.29. The van der Waals surface area contributed by atoms with E-state index in [1.54, 1.807) is 7.11 Å². The van der Waals surface area contributed by atoms with Crippen molar-refractivity contribution >= 4 is 0 Å². The van der Waals surface area contributed by atoms with Gasteiger partial charge >= 0.3 is 0 Å². The van der Waals surface area contributed by atoms with E-state index in [0.717, 1.165) is 18.8 Å². The van der Waals surface area contributed by atoms with Gasteiger partial charge in [-0.3, -0.25) is 0 Å². The molecule has 1 aliphatic heterocycles. The van der Waals surface area contributed by atoms with Crippen LogP contribution in [-0.2, 0) is 4.74 Å². The van der Waals surface area contributed by atoms with Crippen LogP contribution in [0.15, 0.2) is 24.3 Å². The van der Waals surface area contributed by atoms with Crippen molar-refractivity contribution in [1.29, 1.82) is 0 Å². The Bertz CT molecular complexity index is 297. The summed E-state index contributed by atoms with van der Waals surface area (Å²) in [5.41, 5.74) is 1.28. The monoisotopic (exact) mass is 220 g/mol. The Balaban J connectivity index is 2.02. The second-order valence-corrected chi connectivity index (χ2v) is 4.34. The molecule has 2 rings (SSSR count). The van der Waals surface area contributed by atoms with E-state index >= 15 is 0 Å². The normalized spacial score (nSPS) is 22.2. The minimum Gasteiger partial charge on any atom is -0.497 e. The van der Waals surface area contributed by atoms with Crippen LogP contribution < -0.4 is 4.74 Å². The van der Waals surface area contributed by atoms with Gasteiger partial charge in [0.15, 0.2) is 0 Å². The van der Waals surface area contributed by atoms with E-state index in [9.17, 15) is 0 Å². The van der Waals surface area contributed by atoms with Gasteiger partial charge in [0.2, 0.25) is 0 Å². The van der Waals surface area contributed by atoms with Crippen molar-refractivity contribution in [3.05, 3.63) is 29.8 Å². The molecule has 16 heavy (non-hydrogen) atoms. The highest BCUT2D eigenvalue weighted by Gasteiger charge is 2.13. The molecular weight excluding hydrogens is 200 g/mol. The molecule has 1 aromatic rings. The molecule has 1 aliphatic rings. The fourth-order valence-electron chi connectivity index (χ4n) is 2.18. The first-order chi connectivity index (χ1) is 7.90. The summed E-state index contributed by atoms with van der Waals surface area (Å²) in [6.07, 6.45) is 6.56. The highest BCUT2D eigenvalue weighted by Crippen LogP contribution is 2.27. The summed E-state index contributed by atoms with van der Waals surface area (Å²) in [5.74, 6) is 0.912. The van der Waals surface area contributed by atoms with Crippen LogP contribution in [0.5, 0.6) is 5.75 Å². The molecule has 0 saturated carbocycles. The SMILES string of the molecule is COc1ccc([C@@H]2CCCCCCO2)cc1. The van der Waals surface area contributed by atoms with Crippen LogP contribution in [0.1, 0.15) is 43.8 Å². The van der Waals surface area contributed by atoms with Crippen LogP contribution in [0.2, 0.25) is 0 Å². The highest BCUT2D eigenvalue weighted by molar-refractivity contribution is 5.28. The van der Waals surface area contributed by atoms with Crippen LogP contribution in [0, 0.1) is 0 Å². The number of benzene rings is 1. The van der Waals surface area contributed by atoms with Crippen molar-refractivity contribution in [2.45, 2.75) is 38.2 Å². The highest BCUT2D eigenvalue weighted by atomic mass is 16.5. The van der Waals surface area contributed by atoms with Crippen molar-refractivity contribution < 1.29 is 9.47 Å². The Labute approximate surface area is 97.6 Å². The second kappa shape index (κ2) is 5.90. The zero-order valence-electron chi connectivity index (χ0n) is 9.95. The molecule has 0 N–H and O–H groups in total. The fourth-order valence-corrected chi connectivity index (χ4v) is 2.18. The van der Waals surface area contributed by atoms with Crippen LogP contribution in [0.3, 0.4) is 0 Å². The molecule has 1 atom stereocenters. The van der Waals surface area contributed by atoms with Gasteiger partial charge in [0.25, 0.3) is 0 Å². The number of hydrogen-bond acceptors (Lipinski definition) is 2. The van der Waals surface area contributed by atoms with Gasteiger partial charge in [0.05, 0.1) is 13.2 Å². The molecule has 0 aliphatic carbocycles. The van der Waals surface area contributed by atoms with E-state index < -0.39 is 0 Å². The van der Waals surface area contributed by atoms with E-state index in [4.69, 9.17) is 9.47 Å². The Morgan fingerprint density at radius 1 is 1.06 bits per heavy atom. The lowest BCUT2D eigenvalue weighted by Crippen LogP contribution is -2.08. The standard InChI is InChI=1S/C14H20O2/c1-15-13-9-7-12(8-10-13)14-6-4-2-3-5-11-16-14/h7-10,14H,2-6,11H2,1H3/t14-/m0/s1. The van der Waals surface area contributed by atoms with Gasteiger partial charge in [-0.25, -0.2) is 0 Å². The summed E-state index contributed by atoms with van der Waals surface area (Å²) in [4.78, 5) is 0. The van der Waals surface area contributed by atoms with E-state index in [1.165, 1.54) is 31.2 Å². The lowest BCUT2D eigenvalue weighted by molar-refractivity contribution is 0.0345. The summed E-state index contributed by atoms with van der Waals surface area (Å²) in [6, 6.07) is 8.26. The first-order valence-electron chi connectivity index (χ1n) is 6.16. The lowest BCUT2D eigenvalue weighted by Gasteiger charge is -2.21. The molecule has 0 unspecified atom stereocenters. The Hall–Kier alpha value is -1.02. The average molecular weight is 220 g/mol. The molecule has 1 heterocycles. The Morgan fingerprint density at radius 3 is 2.56 bits per heavy atom. The lowest BCUT2D eigenvalue weighted by atomic mass is 10.0. The van der Waals surface area contributed by atoms with Crippen molar-refractivity contribution in [3.8, 4) is 5.75 Å². The summed E-state index contributed by atoms with van der Waals surface area (Å²) < 4.78 is 11.1. The quantitative estimate of drug-likeness (QED) is 0.756. The number of hydrogen-bond donors (Lipinski definition) is 0. The first kappa shape index (κ1) is 11.5. The van der Waals surface area contributed by atoms with Gasteiger partial charge < -0.3 is 9.47 Å². The smallest absolute Gasteiger partial charge is 0.118 e. The van der Waals surface area contributed by atoms with E-state index in [2.05, 4.69) is 12.1 Å². The van der Waals surface area contributed by atoms with Crippen molar-refractivity contribution in [3.63, 3.8) is 0 Å². The van der Waals surface area contributed by atoms with Crippen molar-refractivity contribution in [2.75, 3.05) is 13.7 Å². The zero-order chi connectivity index (χ0) is 11.2. The van der Waals surface area contributed by atoms with Crippen LogP contribution >= 0.6 is 0 Å². The Morgan fingerprint density at radius 2 is 1.81 bits per heavy atom. The largest absolute Gasteiger partial charge is 0.497 e. The summed E-state index contributed by atoms with van der Waals surface area (Å²) in [5, 5.41) is 0. The maximum Gasteiger partial charge on any atom is 0.118 e. The molecule has 0 bridgehead atoms. The Kier molecular flexibility index (Phi) is 4.23. The van der Waals surface area contributed by atoms with E-state index in [1.807, 2.05) is 12.1 Å². The molecule has 88 valence electrons. The predicted octanol–water partition coefficient (Wildman–Crippen LogP) is 3.72. The zero-order valence-corrected chi connectivity index (χ0v) is 9.95. The number of rotatable bonds is 2. The van der Waals surface area contributed by atoms with Gasteiger partial charge in [-0.2, -0.15) is 0 Å². The molecule has 2 heteroatoms. The first-order valence-corrected chi connectivity index (χ1v) is 6.16. The molecular formula is C14H20O2. The summed E-state index contributed by atoms with van der Waals surface area (Å²) >= 11 is 0. The fraction of sp³-hybridized carbons (Fsp3) is 0.571. The molecule has 0 amide bonds. The van der Waals surface area contributed by atoms with Crippen LogP contribution in [0.25, 0.3) is 0 Å². The van der Waals surface area contributed by atoms with Gasteiger partial charge in [-0.1, -0.05) is 31.4 Å². The maximum absolute atomic E-state index is 5.90.